The molecule has 154 valence electrons. The first kappa shape index (κ1) is 21.3. The summed E-state index contributed by atoms with van der Waals surface area (Å²) in [6.07, 6.45) is 9.90. The third-order valence-electron chi connectivity index (χ3n) is 5.57. The van der Waals surface area contributed by atoms with Gasteiger partial charge in [0, 0.05) is 6.54 Å². The van der Waals surface area contributed by atoms with Crippen LogP contribution in [-0.4, -0.2) is 25.2 Å². The Hall–Kier alpha value is -2.43. The van der Waals surface area contributed by atoms with Gasteiger partial charge >= 0.3 is 5.97 Å². The van der Waals surface area contributed by atoms with E-state index in [9.17, 15) is 4.79 Å². The van der Waals surface area contributed by atoms with Gasteiger partial charge in [-0.15, -0.1) is 0 Å². The highest BCUT2D eigenvalue weighted by Gasteiger charge is 2.15. The number of esters is 1. The van der Waals surface area contributed by atoms with Crippen LogP contribution in [0.25, 0.3) is 11.6 Å². The molecule has 0 aliphatic heterocycles. The summed E-state index contributed by atoms with van der Waals surface area (Å²) in [5, 5.41) is 0. The van der Waals surface area contributed by atoms with E-state index in [2.05, 4.69) is 54.6 Å². The van der Waals surface area contributed by atoms with Crippen LogP contribution in [0.2, 0.25) is 0 Å². The number of ether oxygens (including phenoxy) is 1. The van der Waals surface area contributed by atoms with Gasteiger partial charge in [-0.3, -0.25) is 4.79 Å². The van der Waals surface area contributed by atoms with Crippen LogP contribution in [0.3, 0.4) is 0 Å². The molecule has 0 saturated heterocycles. The van der Waals surface area contributed by atoms with Crippen molar-refractivity contribution < 1.29 is 9.53 Å². The number of fused-ring (bicyclic) bond motifs is 1. The highest BCUT2D eigenvalue weighted by Crippen LogP contribution is 2.32. The second-order valence-electron chi connectivity index (χ2n) is 7.69. The smallest absolute Gasteiger partial charge is 0.324 e. The first-order chi connectivity index (χ1) is 14.2. The molecule has 0 fully saturated rings. The van der Waals surface area contributed by atoms with Crippen LogP contribution >= 0.6 is 0 Å². The number of hydrogen-bond acceptors (Lipinski definition) is 4. The van der Waals surface area contributed by atoms with Gasteiger partial charge in [-0.05, 0) is 59.9 Å². The van der Waals surface area contributed by atoms with Gasteiger partial charge in [-0.25, -0.2) is 0 Å². The molecule has 2 aromatic carbocycles. The fourth-order valence-corrected chi connectivity index (χ4v) is 3.88. The molecule has 0 amide bonds. The first-order valence-corrected chi connectivity index (χ1v) is 10.7. The SMILES string of the molecule is NCC(N)C(=O)OCCCCCCc1cccc2c1CCC(c1ccccc1)=C2. The number of rotatable bonds is 10. The zero-order valence-corrected chi connectivity index (χ0v) is 17.1. The topological polar surface area (TPSA) is 78.3 Å². The Morgan fingerprint density at radius 3 is 2.55 bits per heavy atom. The van der Waals surface area contributed by atoms with E-state index in [1.165, 1.54) is 27.8 Å². The molecular formula is C25H32N2O2. The van der Waals surface area contributed by atoms with E-state index in [4.69, 9.17) is 16.2 Å². The molecule has 0 heterocycles. The van der Waals surface area contributed by atoms with E-state index in [0.29, 0.717) is 6.61 Å². The van der Waals surface area contributed by atoms with E-state index in [0.717, 1.165) is 44.9 Å². The van der Waals surface area contributed by atoms with E-state index in [1.807, 2.05) is 0 Å². The second kappa shape index (κ2) is 10.9. The maximum Gasteiger partial charge on any atom is 0.324 e. The third kappa shape index (κ3) is 6.02. The van der Waals surface area contributed by atoms with Gasteiger partial charge in [0.15, 0.2) is 0 Å². The average Bonchev–Trinajstić information content (AvgIpc) is 2.78. The molecule has 1 aliphatic carbocycles. The van der Waals surface area contributed by atoms with Crippen molar-refractivity contribution in [2.75, 3.05) is 13.2 Å². The van der Waals surface area contributed by atoms with Gasteiger partial charge < -0.3 is 16.2 Å². The molecule has 0 spiro atoms. The van der Waals surface area contributed by atoms with Gasteiger partial charge in [-0.1, -0.05) is 67.4 Å². The van der Waals surface area contributed by atoms with Crippen LogP contribution in [0.5, 0.6) is 0 Å². The molecule has 0 radical (unpaired) electrons. The third-order valence-corrected chi connectivity index (χ3v) is 5.57. The van der Waals surface area contributed by atoms with Crippen LogP contribution in [0.1, 0.15) is 54.4 Å². The van der Waals surface area contributed by atoms with Crippen molar-refractivity contribution in [3.63, 3.8) is 0 Å². The highest BCUT2D eigenvalue weighted by molar-refractivity contribution is 5.84. The lowest BCUT2D eigenvalue weighted by atomic mass is 9.85. The van der Waals surface area contributed by atoms with Crippen molar-refractivity contribution in [2.24, 2.45) is 11.5 Å². The Kier molecular flexibility index (Phi) is 8.03. The van der Waals surface area contributed by atoms with Gasteiger partial charge in [0.05, 0.1) is 6.61 Å². The van der Waals surface area contributed by atoms with Gasteiger partial charge in [0.2, 0.25) is 0 Å². The van der Waals surface area contributed by atoms with Crippen molar-refractivity contribution in [1.82, 2.24) is 0 Å². The molecule has 2 aromatic rings. The zero-order chi connectivity index (χ0) is 20.5. The lowest BCUT2D eigenvalue weighted by Gasteiger charge is -2.20. The predicted molar refractivity (Wildman–Crippen MR) is 119 cm³/mol. The van der Waals surface area contributed by atoms with E-state index in [1.54, 1.807) is 0 Å². The molecule has 4 nitrogen and oxygen atoms in total. The second-order valence-corrected chi connectivity index (χ2v) is 7.69. The monoisotopic (exact) mass is 392 g/mol. The predicted octanol–water partition coefficient (Wildman–Crippen LogP) is 4.11. The van der Waals surface area contributed by atoms with Crippen molar-refractivity contribution in [3.05, 3.63) is 70.8 Å². The molecule has 0 saturated carbocycles. The van der Waals surface area contributed by atoms with E-state index >= 15 is 0 Å². The summed E-state index contributed by atoms with van der Waals surface area (Å²) < 4.78 is 5.13. The summed E-state index contributed by atoms with van der Waals surface area (Å²) in [6.45, 7) is 0.558. The van der Waals surface area contributed by atoms with Crippen LogP contribution < -0.4 is 11.5 Å². The normalized spacial score (nSPS) is 14.1. The molecule has 1 unspecified atom stereocenters. The Labute approximate surface area is 173 Å². The number of aryl methyl sites for hydroxylation is 1. The molecule has 0 aromatic heterocycles. The van der Waals surface area contributed by atoms with Crippen LogP contribution in [0.15, 0.2) is 48.5 Å². The molecule has 0 bridgehead atoms. The van der Waals surface area contributed by atoms with E-state index in [-0.39, 0.29) is 6.54 Å². The Balaban J connectivity index is 1.45. The number of carbonyl (C=O) groups is 1. The Morgan fingerprint density at radius 2 is 1.76 bits per heavy atom. The first-order valence-electron chi connectivity index (χ1n) is 10.7. The largest absolute Gasteiger partial charge is 0.464 e. The van der Waals surface area contributed by atoms with Crippen molar-refractivity contribution >= 4 is 17.6 Å². The van der Waals surface area contributed by atoms with E-state index < -0.39 is 12.0 Å². The molecule has 1 atom stereocenters. The van der Waals surface area contributed by atoms with Crippen LogP contribution in [0, 0.1) is 0 Å². The van der Waals surface area contributed by atoms with Crippen molar-refractivity contribution in [3.8, 4) is 0 Å². The minimum Gasteiger partial charge on any atom is -0.464 e. The fourth-order valence-electron chi connectivity index (χ4n) is 3.88. The quantitative estimate of drug-likeness (QED) is 0.471. The summed E-state index contributed by atoms with van der Waals surface area (Å²) in [5.74, 6) is -0.397. The van der Waals surface area contributed by atoms with Gasteiger partial charge in [-0.2, -0.15) is 0 Å². The maximum atomic E-state index is 11.5. The highest BCUT2D eigenvalue weighted by atomic mass is 16.5. The summed E-state index contributed by atoms with van der Waals surface area (Å²) >= 11 is 0. The maximum absolute atomic E-state index is 11.5. The number of benzene rings is 2. The molecule has 4 N–H and O–H groups in total. The van der Waals surface area contributed by atoms with Crippen LogP contribution in [-0.2, 0) is 22.4 Å². The number of hydrogen-bond donors (Lipinski definition) is 2. The van der Waals surface area contributed by atoms with Gasteiger partial charge in [0.1, 0.15) is 6.04 Å². The summed E-state index contributed by atoms with van der Waals surface area (Å²) in [7, 11) is 0. The molecule has 29 heavy (non-hydrogen) atoms. The zero-order valence-electron chi connectivity index (χ0n) is 17.1. The Bertz CT molecular complexity index is 830. The summed E-state index contributed by atoms with van der Waals surface area (Å²) in [4.78, 5) is 11.5. The number of carbonyl (C=O) groups excluding carboxylic acids is 1. The van der Waals surface area contributed by atoms with Gasteiger partial charge in [0.25, 0.3) is 0 Å². The lowest BCUT2D eigenvalue weighted by Crippen LogP contribution is -2.39. The lowest BCUT2D eigenvalue weighted by molar-refractivity contribution is -0.145. The molecule has 1 aliphatic rings. The van der Waals surface area contributed by atoms with Crippen molar-refractivity contribution in [1.29, 1.82) is 0 Å². The minimum atomic E-state index is -0.698. The number of allylic oxidation sites excluding steroid dienone is 1. The number of nitrogens with two attached hydrogens (primary N) is 2. The average molecular weight is 393 g/mol. The molecule has 4 heteroatoms. The molecule has 3 rings (SSSR count). The standard InChI is InChI=1S/C25H32N2O2/c26-18-24(27)25(28)29-16-7-2-1-4-11-20-12-8-13-22-17-21(14-15-23(20)22)19-9-5-3-6-10-19/h3,5-6,8-10,12-13,17,24H,1-2,4,7,11,14-16,18,26-27H2. The summed E-state index contributed by atoms with van der Waals surface area (Å²) in [5.41, 5.74) is 18.0. The fraction of sp³-hybridized carbons (Fsp3) is 0.400. The minimum absolute atomic E-state index is 0.127. The molecular weight excluding hydrogens is 360 g/mol. The van der Waals surface area contributed by atoms with Crippen molar-refractivity contribution in [2.45, 2.75) is 51.0 Å². The van der Waals surface area contributed by atoms with Crippen LogP contribution in [0.4, 0.5) is 0 Å². The Morgan fingerprint density at radius 1 is 0.966 bits per heavy atom. The summed E-state index contributed by atoms with van der Waals surface area (Å²) in [6, 6.07) is 16.7. The number of unbranched alkanes of at least 4 members (excludes halogenated alkanes) is 3.